The third-order valence-corrected chi connectivity index (χ3v) is 1.99. The van der Waals surface area contributed by atoms with Crippen molar-refractivity contribution in [2.45, 2.75) is 13.3 Å². The van der Waals surface area contributed by atoms with Gasteiger partial charge >= 0.3 is 5.97 Å². The van der Waals surface area contributed by atoms with Crippen LogP contribution in [0.15, 0.2) is 35.4 Å². The molecule has 0 aliphatic carbocycles. The lowest BCUT2D eigenvalue weighted by Crippen LogP contribution is -2.04. The number of ether oxygens (including phenoxy) is 1. The molecule has 3 heteroatoms. The molecule has 15 heavy (non-hydrogen) atoms. The van der Waals surface area contributed by atoms with Crippen molar-refractivity contribution in [1.29, 1.82) is 0 Å². The van der Waals surface area contributed by atoms with Crippen molar-refractivity contribution in [1.82, 2.24) is 0 Å². The molecule has 1 aromatic carbocycles. The third-order valence-electron chi connectivity index (χ3n) is 1.73. The summed E-state index contributed by atoms with van der Waals surface area (Å²) in [6, 6.07) is 9.41. The minimum atomic E-state index is -0.470. The molecule has 0 saturated carbocycles. The van der Waals surface area contributed by atoms with Crippen LogP contribution in [0.4, 0.5) is 0 Å². The number of halogens is 1. The summed E-state index contributed by atoms with van der Waals surface area (Å²) in [5, 5.41) is 0.106. The lowest BCUT2D eigenvalue weighted by molar-refractivity contribution is -0.138. The molecule has 0 unspecified atom stereocenters. The Morgan fingerprint density at radius 3 is 2.67 bits per heavy atom. The maximum atomic E-state index is 11.3. The quantitative estimate of drug-likeness (QED) is 0.580. The molecule has 1 rings (SSSR count). The zero-order chi connectivity index (χ0) is 11.1. The van der Waals surface area contributed by atoms with Crippen molar-refractivity contribution < 1.29 is 9.53 Å². The van der Waals surface area contributed by atoms with Gasteiger partial charge in [0.25, 0.3) is 0 Å². The summed E-state index contributed by atoms with van der Waals surface area (Å²) in [5.41, 5.74) is 0.885. The van der Waals surface area contributed by atoms with E-state index in [4.69, 9.17) is 16.3 Å². The zero-order valence-corrected chi connectivity index (χ0v) is 9.33. The summed E-state index contributed by atoms with van der Waals surface area (Å²) in [4.78, 5) is 11.3. The lowest BCUT2D eigenvalue weighted by atomic mass is 10.2. The van der Waals surface area contributed by atoms with E-state index in [1.807, 2.05) is 37.3 Å². The average Bonchev–Trinajstić information content (AvgIpc) is 2.27. The van der Waals surface area contributed by atoms with Gasteiger partial charge in [-0.1, -0.05) is 48.9 Å². The molecule has 1 aromatic rings. The number of carbonyl (C=O) groups is 1. The van der Waals surface area contributed by atoms with Crippen LogP contribution in [0.3, 0.4) is 0 Å². The Hall–Kier alpha value is -1.28. The molecule has 0 N–H and O–H groups in total. The minimum absolute atomic E-state index is 0.106. The smallest absolute Gasteiger partial charge is 0.349 e. The molecule has 0 aromatic heterocycles. The maximum Gasteiger partial charge on any atom is 0.349 e. The van der Waals surface area contributed by atoms with Crippen molar-refractivity contribution >= 4 is 23.6 Å². The summed E-state index contributed by atoms with van der Waals surface area (Å²) in [6.45, 7) is 2.33. The molecule has 0 atom stereocenters. The topological polar surface area (TPSA) is 26.3 Å². The van der Waals surface area contributed by atoms with Gasteiger partial charge in [0, 0.05) is 0 Å². The van der Waals surface area contributed by atoms with Crippen molar-refractivity contribution in [2.24, 2.45) is 0 Å². The summed E-state index contributed by atoms with van der Waals surface area (Å²) in [7, 11) is 0. The second-order valence-electron chi connectivity index (χ2n) is 3.04. The number of hydrogen-bond donors (Lipinski definition) is 0. The Morgan fingerprint density at radius 1 is 1.40 bits per heavy atom. The van der Waals surface area contributed by atoms with Gasteiger partial charge < -0.3 is 4.74 Å². The molecule has 0 fully saturated rings. The Labute approximate surface area is 94.5 Å². The molecule has 0 heterocycles. The number of rotatable bonds is 4. The van der Waals surface area contributed by atoms with Crippen LogP contribution < -0.4 is 0 Å². The Kier molecular flexibility index (Phi) is 4.91. The van der Waals surface area contributed by atoms with Crippen molar-refractivity contribution in [3.63, 3.8) is 0 Å². The van der Waals surface area contributed by atoms with E-state index in [2.05, 4.69) is 0 Å². The van der Waals surface area contributed by atoms with Crippen molar-refractivity contribution in [3.05, 3.63) is 40.9 Å². The van der Waals surface area contributed by atoms with E-state index in [0.717, 1.165) is 12.0 Å². The Bertz CT molecular complexity index is 344. The molecule has 0 aliphatic heterocycles. The minimum Gasteiger partial charge on any atom is -0.461 e. The number of esters is 1. The first kappa shape index (κ1) is 11.8. The summed E-state index contributed by atoms with van der Waals surface area (Å²) in [6.07, 6.45) is 2.39. The lowest BCUT2D eigenvalue weighted by Gasteiger charge is -2.01. The second kappa shape index (κ2) is 6.25. The van der Waals surface area contributed by atoms with Crippen LogP contribution >= 0.6 is 11.6 Å². The van der Waals surface area contributed by atoms with E-state index in [1.165, 1.54) is 0 Å². The molecule has 0 bridgehead atoms. The van der Waals surface area contributed by atoms with E-state index < -0.39 is 5.97 Å². The fourth-order valence-corrected chi connectivity index (χ4v) is 1.20. The van der Waals surface area contributed by atoms with Crippen LogP contribution in [0.1, 0.15) is 18.9 Å². The van der Waals surface area contributed by atoms with Gasteiger partial charge in [0.2, 0.25) is 0 Å². The van der Waals surface area contributed by atoms with Gasteiger partial charge in [-0.15, -0.1) is 0 Å². The fraction of sp³-hybridized carbons (Fsp3) is 0.250. The highest BCUT2D eigenvalue weighted by Gasteiger charge is 2.06. The Balaban J connectivity index is 2.63. The zero-order valence-electron chi connectivity index (χ0n) is 8.57. The largest absolute Gasteiger partial charge is 0.461 e. The number of hydrogen-bond acceptors (Lipinski definition) is 2. The highest BCUT2D eigenvalue weighted by molar-refractivity contribution is 6.43. The van der Waals surface area contributed by atoms with Gasteiger partial charge in [-0.3, -0.25) is 0 Å². The second-order valence-corrected chi connectivity index (χ2v) is 3.45. The maximum absolute atomic E-state index is 11.3. The van der Waals surface area contributed by atoms with Crippen molar-refractivity contribution in [3.8, 4) is 0 Å². The molecular formula is C12H13ClO2. The van der Waals surface area contributed by atoms with Crippen molar-refractivity contribution in [2.75, 3.05) is 6.61 Å². The predicted octanol–water partition coefficient (Wildman–Crippen LogP) is 3.22. The molecule has 0 aliphatic rings. The van der Waals surface area contributed by atoms with Gasteiger partial charge in [-0.2, -0.15) is 0 Å². The van der Waals surface area contributed by atoms with Crippen LogP contribution in [-0.4, -0.2) is 12.6 Å². The number of benzene rings is 1. The van der Waals surface area contributed by atoms with E-state index in [1.54, 1.807) is 6.08 Å². The van der Waals surface area contributed by atoms with Crippen LogP contribution in [-0.2, 0) is 9.53 Å². The Morgan fingerprint density at radius 2 is 2.07 bits per heavy atom. The van der Waals surface area contributed by atoms with Gasteiger partial charge in [0.05, 0.1) is 6.61 Å². The molecule has 0 spiro atoms. The molecule has 0 radical (unpaired) electrons. The highest BCUT2D eigenvalue weighted by Crippen LogP contribution is 2.11. The normalized spacial score (nSPS) is 11.2. The van der Waals surface area contributed by atoms with Crippen LogP contribution in [0.5, 0.6) is 0 Å². The first-order chi connectivity index (χ1) is 7.24. The monoisotopic (exact) mass is 224 g/mol. The van der Waals surface area contributed by atoms with Crippen LogP contribution in [0.2, 0.25) is 0 Å². The fourth-order valence-electron chi connectivity index (χ4n) is 1.02. The van der Waals surface area contributed by atoms with Gasteiger partial charge in [0.1, 0.15) is 5.03 Å². The van der Waals surface area contributed by atoms with E-state index in [0.29, 0.717) is 6.61 Å². The van der Waals surface area contributed by atoms with E-state index in [-0.39, 0.29) is 5.03 Å². The first-order valence-electron chi connectivity index (χ1n) is 4.83. The molecular weight excluding hydrogens is 212 g/mol. The molecule has 0 amide bonds. The average molecular weight is 225 g/mol. The third kappa shape index (κ3) is 4.17. The molecule has 2 nitrogen and oxygen atoms in total. The van der Waals surface area contributed by atoms with Gasteiger partial charge in [-0.05, 0) is 18.1 Å². The molecule has 0 saturated heterocycles. The van der Waals surface area contributed by atoms with E-state index >= 15 is 0 Å². The summed E-state index contributed by atoms with van der Waals surface area (Å²) >= 11 is 5.79. The predicted molar refractivity (Wildman–Crippen MR) is 61.5 cm³/mol. The highest BCUT2D eigenvalue weighted by atomic mass is 35.5. The van der Waals surface area contributed by atoms with Crippen LogP contribution in [0, 0.1) is 0 Å². The molecule has 80 valence electrons. The van der Waals surface area contributed by atoms with Crippen LogP contribution in [0.25, 0.3) is 6.08 Å². The number of carbonyl (C=O) groups excluding carboxylic acids is 1. The SMILES string of the molecule is CCCOC(=O)/C(Cl)=C/c1ccccc1. The van der Waals surface area contributed by atoms with E-state index in [9.17, 15) is 4.79 Å². The summed E-state index contributed by atoms with van der Waals surface area (Å²) in [5.74, 6) is -0.470. The standard InChI is InChI=1S/C12H13ClO2/c1-2-8-15-12(14)11(13)9-10-6-4-3-5-7-10/h3-7,9H,2,8H2,1H3/b11-9-. The van der Waals surface area contributed by atoms with Gasteiger partial charge in [0.15, 0.2) is 0 Å². The first-order valence-corrected chi connectivity index (χ1v) is 5.21. The van der Waals surface area contributed by atoms with Gasteiger partial charge in [-0.25, -0.2) is 4.79 Å². The summed E-state index contributed by atoms with van der Waals surface area (Å²) < 4.78 is 4.89.